The minimum Gasteiger partial charge on any atom is -0.442 e. The second-order valence-electron chi connectivity index (χ2n) is 6.13. The molecular weight excluding hydrogens is 494 g/mol. The summed E-state index contributed by atoms with van der Waals surface area (Å²) in [5, 5.41) is 2.53. The smallest absolute Gasteiger partial charge is 0.414 e. The number of benzene rings is 1. The van der Waals surface area contributed by atoms with Crippen LogP contribution in [0.5, 0.6) is 0 Å². The second kappa shape index (κ2) is 8.37. The van der Waals surface area contributed by atoms with Gasteiger partial charge in [-0.1, -0.05) is 22.6 Å². The van der Waals surface area contributed by atoms with Crippen molar-refractivity contribution in [3.8, 4) is 0 Å². The summed E-state index contributed by atoms with van der Waals surface area (Å²) in [7, 11) is 0. The lowest BCUT2D eigenvalue weighted by Gasteiger charge is -2.25. The molecule has 1 unspecified atom stereocenters. The molecule has 150 valence electrons. The lowest BCUT2D eigenvalue weighted by atomic mass is 10.1. The van der Waals surface area contributed by atoms with E-state index in [2.05, 4.69) is 5.32 Å². The van der Waals surface area contributed by atoms with Crippen LogP contribution in [0.25, 0.3) is 0 Å². The van der Waals surface area contributed by atoms with Crippen LogP contribution in [0.2, 0.25) is 0 Å². The van der Waals surface area contributed by atoms with Gasteiger partial charge in [-0.05, 0) is 6.08 Å². The number of cyclic esters (lactones) is 1. The van der Waals surface area contributed by atoms with Gasteiger partial charge in [-0.25, -0.2) is 18.0 Å². The lowest BCUT2D eigenvalue weighted by Crippen LogP contribution is -2.35. The number of alkyl halides is 1. The number of nitrogens with one attached hydrogen (secondary N) is 1. The Bertz CT molecular complexity index is 865. The van der Waals surface area contributed by atoms with Gasteiger partial charge < -0.3 is 15.0 Å². The molecule has 1 N–H and O–H groups in total. The second-order valence-corrected chi connectivity index (χ2v) is 6.90. The summed E-state index contributed by atoms with van der Waals surface area (Å²) in [5.74, 6) is -4.42. The summed E-state index contributed by atoms with van der Waals surface area (Å²) in [6, 6.07) is 0.713. The molecule has 11 heteroatoms. The van der Waals surface area contributed by atoms with Crippen LogP contribution in [0.15, 0.2) is 18.3 Å². The lowest BCUT2D eigenvalue weighted by molar-refractivity contribution is -0.118. The van der Waals surface area contributed by atoms with Crippen LogP contribution < -0.4 is 15.1 Å². The highest BCUT2D eigenvalue weighted by atomic mass is 127. The first-order valence-electron chi connectivity index (χ1n) is 8.27. The summed E-state index contributed by atoms with van der Waals surface area (Å²) < 4.78 is 49.0. The Kier molecular flexibility index (Phi) is 6.10. The Morgan fingerprint density at radius 1 is 1.29 bits per heavy atom. The van der Waals surface area contributed by atoms with E-state index in [1.165, 1.54) is 6.20 Å². The molecule has 3 rings (SSSR count). The van der Waals surface area contributed by atoms with Crippen molar-refractivity contribution < 1.29 is 32.3 Å². The molecule has 2 aliphatic rings. The van der Waals surface area contributed by atoms with Crippen LogP contribution in [0, 0.1) is 17.5 Å². The highest BCUT2D eigenvalue weighted by Crippen LogP contribution is 2.35. The first-order valence-corrected chi connectivity index (χ1v) is 9.80. The molecule has 1 saturated heterocycles. The quantitative estimate of drug-likeness (QED) is 0.375. The van der Waals surface area contributed by atoms with Gasteiger partial charge in [0.25, 0.3) is 0 Å². The summed E-state index contributed by atoms with van der Waals surface area (Å²) in [6.45, 7) is -0.165. The fraction of sp³-hybridized carbons (Fsp3) is 0.353. The topological polar surface area (TPSA) is 79.0 Å². The molecule has 0 aromatic heterocycles. The minimum absolute atomic E-state index is 0.00133. The van der Waals surface area contributed by atoms with Crippen LogP contribution >= 0.6 is 22.6 Å². The summed E-state index contributed by atoms with van der Waals surface area (Å²) in [6.07, 6.45) is 0.633. The third-order valence-electron chi connectivity index (χ3n) is 4.25. The maximum atomic E-state index is 14.6. The van der Waals surface area contributed by atoms with E-state index in [0.29, 0.717) is 6.07 Å². The van der Waals surface area contributed by atoms with E-state index in [1.807, 2.05) is 22.6 Å². The van der Waals surface area contributed by atoms with Gasteiger partial charge in [0.1, 0.15) is 11.8 Å². The normalized spacial score (nSPS) is 19.2. The van der Waals surface area contributed by atoms with Crippen molar-refractivity contribution in [1.82, 2.24) is 5.32 Å². The minimum atomic E-state index is -1.47. The van der Waals surface area contributed by atoms with Crippen LogP contribution in [-0.4, -0.2) is 47.9 Å². The Morgan fingerprint density at radius 2 is 2.04 bits per heavy atom. The molecule has 1 aromatic carbocycles. The Balaban J connectivity index is 1.83. The van der Waals surface area contributed by atoms with Gasteiger partial charge in [-0.2, -0.15) is 0 Å². The van der Waals surface area contributed by atoms with E-state index in [1.54, 1.807) is 0 Å². The maximum absolute atomic E-state index is 14.6. The third-order valence-corrected chi connectivity index (χ3v) is 4.95. The number of halogens is 4. The molecule has 1 fully saturated rings. The van der Waals surface area contributed by atoms with E-state index in [0.717, 1.165) is 15.9 Å². The number of anilines is 2. The monoisotopic (exact) mass is 509 g/mol. The Labute approximate surface area is 171 Å². The van der Waals surface area contributed by atoms with Crippen LogP contribution in [0.1, 0.15) is 6.42 Å². The number of carbonyl (C=O) groups excluding carboxylic acids is 3. The van der Waals surface area contributed by atoms with E-state index >= 15 is 0 Å². The Morgan fingerprint density at radius 3 is 2.68 bits per heavy atom. The molecule has 0 bridgehead atoms. The molecule has 1 atom stereocenters. The van der Waals surface area contributed by atoms with Gasteiger partial charge in [-0.3, -0.25) is 14.5 Å². The number of amides is 2. The number of nitrogens with zero attached hydrogens (tertiary/aromatic N) is 2. The van der Waals surface area contributed by atoms with Crippen molar-refractivity contribution in [1.29, 1.82) is 0 Å². The summed E-state index contributed by atoms with van der Waals surface area (Å²) in [5.41, 5.74) is -1.23. The van der Waals surface area contributed by atoms with E-state index in [-0.39, 0.29) is 42.2 Å². The van der Waals surface area contributed by atoms with Crippen LogP contribution in [0.3, 0.4) is 0 Å². The number of ether oxygens (including phenoxy) is 1. The molecular formula is C17H15F3IN3O4. The molecule has 2 heterocycles. The zero-order chi connectivity index (χ0) is 20.4. The van der Waals surface area contributed by atoms with E-state index < -0.39 is 41.0 Å². The first kappa shape index (κ1) is 20.4. The highest BCUT2D eigenvalue weighted by molar-refractivity contribution is 14.1. The largest absolute Gasteiger partial charge is 0.442 e. The van der Waals surface area contributed by atoms with Crippen LogP contribution in [-0.2, 0) is 14.3 Å². The molecule has 0 aliphatic carbocycles. The number of ketones is 1. The molecule has 7 nitrogen and oxygen atoms in total. The van der Waals surface area contributed by atoms with Crippen molar-refractivity contribution >= 4 is 51.7 Å². The van der Waals surface area contributed by atoms with Crippen molar-refractivity contribution in [2.24, 2.45) is 0 Å². The molecule has 2 aliphatic heterocycles. The van der Waals surface area contributed by atoms with E-state index in [4.69, 9.17) is 4.74 Å². The van der Waals surface area contributed by atoms with Crippen molar-refractivity contribution in [2.45, 2.75) is 12.5 Å². The highest BCUT2D eigenvalue weighted by Gasteiger charge is 2.36. The average Bonchev–Trinajstić information content (AvgIpc) is 3.04. The van der Waals surface area contributed by atoms with Crippen molar-refractivity contribution in [2.75, 3.05) is 33.9 Å². The third kappa shape index (κ3) is 4.08. The molecule has 2 amide bonds. The van der Waals surface area contributed by atoms with Crippen LogP contribution in [0.4, 0.5) is 29.3 Å². The predicted octanol–water partition coefficient (Wildman–Crippen LogP) is 2.27. The molecule has 0 saturated carbocycles. The summed E-state index contributed by atoms with van der Waals surface area (Å²) >= 11 is 1.86. The van der Waals surface area contributed by atoms with E-state index in [9.17, 15) is 27.6 Å². The molecule has 0 radical (unpaired) electrons. The summed E-state index contributed by atoms with van der Waals surface area (Å²) in [4.78, 5) is 36.4. The van der Waals surface area contributed by atoms with Gasteiger partial charge in [0.2, 0.25) is 5.91 Å². The zero-order valence-corrected chi connectivity index (χ0v) is 16.5. The van der Waals surface area contributed by atoms with Gasteiger partial charge in [0.15, 0.2) is 23.2 Å². The van der Waals surface area contributed by atoms with Gasteiger partial charge in [-0.15, -0.1) is 0 Å². The number of allylic oxidation sites excluding steroid dienone is 1. The fourth-order valence-electron chi connectivity index (χ4n) is 2.88. The van der Waals surface area contributed by atoms with Crippen molar-refractivity contribution in [3.63, 3.8) is 0 Å². The number of carbonyl (C=O) groups is 3. The molecule has 28 heavy (non-hydrogen) atoms. The Hall–Kier alpha value is -2.31. The van der Waals surface area contributed by atoms with Crippen molar-refractivity contribution in [3.05, 3.63) is 35.8 Å². The fourth-order valence-corrected chi connectivity index (χ4v) is 3.15. The molecule has 0 spiro atoms. The maximum Gasteiger partial charge on any atom is 0.414 e. The first-order chi connectivity index (χ1) is 13.3. The van der Waals surface area contributed by atoms with Gasteiger partial charge in [0, 0.05) is 25.2 Å². The average molecular weight is 509 g/mol. The van der Waals surface area contributed by atoms with Gasteiger partial charge in [0.05, 0.1) is 23.2 Å². The number of hydrogen-bond donors (Lipinski definition) is 1. The SMILES string of the molecule is O=C1C=CN(c2c(F)cc(N3CC(CNC(=O)CI)OC3=O)c(F)c2F)CC1. The standard InChI is InChI=1S/C17H15F3IN3O4/c18-11-5-12(24-8-10(28-17(24)27)7-22-13(26)6-21)14(19)15(20)16(11)23-3-1-9(25)2-4-23/h1,3,5,10H,2,4,6-8H2,(H,22,26). The van der Waals surface area contributed by atoms with Gasteiger partial charge >= 0.3 is 6.09 Å². The number of hydrogen-bond acceptors (Lipinski definition) is 5. The molecule has 1 aromatic rings. The zero-order valence-electron chi connectivity index (χ0n) is 14.4. The number of rotatable bonds is 5. The predicted molar refractivity (Wildman–Crippen MR) is 102 cm³/mol.